The first-order chi connectivity index (χ1) is 8.65. The lowest BCUT2D eigenvalue weighted by Gasteiger charge is -2.21. The van der Waals surface area contributed by atoms with Crippen LogP contribution in [0.15, 0.2) is 16.5 Å². The van der Waals surface area contributed by atoms with E-state index < -0.39 is 0 Å². The largest absolute Gasteiger partial charge is 0.463 e. The third-order valence-corrected chi connectivity index (χ3v) is 3.34. The van der Waals surface area contributed by atoms with Crippen molar-refractivity contribution < 1.29 is 9.15 Å². The molecule has 4 nitrogen and oxygen atoms in total. The van der Waals surface area contributed by atoms with Crippen molar-refractivity contribution in [1.82, 2.24) is 10.2 Å². The van der Waals surface area contributed by atoms with Gasteiger partial charge in [-0.25, -0.2) is 0 Å². The smallest absolute Gasteiger partial charge is 0.118 e. The molecular weight excluding hydrogens is 228 g/mol. The van der Waals surface area contributed by atoms with Crippen LogP contribution < -0.4 is 5.32 Å². The van der Waals surface area contributed by atoms with Gasteiger partial charge in [0.05, 0.1) is 19.7 Å². The summed E-state index contributed by atoms with van der Waals surface area (Å²) in [5.41, 5.74) is 0. The van der Waals surface area contributed by atoms with E-state index in [1.54, 1.807) is 0 Å². The van der Waals surface area contributed by atoms with Crippen LogP contribution in [0.25, 0.3) is 0 Å². The van der Waals surface area contributed by atoms with Gasteiger partial charge in [-0.05, 0) is 25.6 Å². The molecule has 0 amide bonds. The highest BCUT2D eigenvalue weighted by Crippen LogP contribution is 2.15. The van der Waals surface area contributed by atoms with Gasteiger partial charge >= 0.3 is 0 Å². The molecule has 0 aliphatic carbocycles. The van der Waals surface area contributed by atoms with Gasteiger partial charge in [0, 0.05) is 18.7 Å². The Labute approximate surface area is 109 Å². The Balaban J connectivity index is 1.82. The van der Waals surface area contributed by atoms with E-state index in [2.05, 4.69) is 43.2 Å². The van der Waals surface area contributed by atoms with Gasteiger partial charge in [0.2, 0.25) is 0 Å². The second kappa shape index (κ2) is 6.36. The van der Waals surface area contributed by atoms with Gasteiger partial charge in [0.25, 0.3) is 0 Å². The second-order valence-corrected chi connectivity index (χ2v) is 5.34. The molecule has 1 unspecified atom stereocenters. The summed E-state index contributed by atoms with van der Waals surface area (Å²) in [4.78, 5) is 2.31. The lowest BCUT2D eigenvalue weighted by atomic mass is 10.2. The predicted octanol–water partition coefficient (Wildman–Crippen LogP) is 2.00. The molecule has 1 N–H and O–H groups in total. The minimum absolute atomic E-state index is 0.483. The monoisotopic (exact) mass is 252 g/mol. The summed E-state index contributed by atoms with van der Waals surface area (Å²) < 4.78 is 11.2. The Morgan fingerprint density at radius 3 is 2.83 bits per heavy atom. The van der Waals surface area contributed by atoms with E-state index in [9.17, 15) is 0 Å². The average molecular weight is 252 g/mol. The number of rotatable bonds is 6. The standard InChI is InChI=1S/C14H24N2O2/c1-11(2)15-8-13-4-5-14(18-13)9-16(3)12-6-7-17-10-12/h4-5,11-12,15H,6-10H2,1-3H3. The molecule has 0 aromatic carbocycles. The minimum atomic E-state index is 0.483. The third-order valence-electron chi connectivity index (χ3n) is 3.34. The summed E-state index contributed by atoms with van der Waals surface area (Å²) in [7, 11) is 2.13. The van der Waals surface area contributed by atoms with Gasteiger partial charge in [-0.15, -0.1) is 0 Å². The average Bonchev–Trinajstić information content (AvgIpc) is 2.97. The number of hydrogen-bond donors (Lipinski definition) is 1. The first-order valence-electron chi connectivity index (χ1n) is 6.74. The van der Waals surface area contributed by atoms with Gasteiger partial charge < -0.3 is 14.5 Å². The van der Waals surface area contributed by atoms with Gasteiger partial charge in [0.15, 0.2) is 0 Å². The summed E-state index contributed by atoms with van der Waals surface area (Å²) in [6.07, 6.45) is 1.12. The lowest BCUT2D eigenvalue weighted by Crippen LogP contribution is -2.31. The molecule has 1 saturated heterocycles. The highest BCUT2D eigenvalue weighted by molar-refractivity contribution is 5.07. The molecule has 1 aliphatic rings. The van der Waals surface area contributed by atoms with Gasteiger partial charge in [0.1, 0.15) is 11.5 Å². The number of likely N-dealkylation sites (N-methyl/N-ethyl adjacent to an activating group) is 1. The first-order valence-corrected chi connectivity index (χ1v) is 6.74. The van der Waals surface area contributed by atoms with E-state index >= 15 is 0 Å². The van der Waals surface area contributed by atoms with E-state index in [1.165, 1.54) is 0 Å². The predicted molar refractivity (Wildman–Crippen MR) is 71.4 cm³/mol. The summed E-state index contributed by atoms with van der Waals surface area (Å²) in [6, 6.07) is 5.15. The Morgan fingerprint density at radius 1 is 1.39 bits per heavy atom. The van der Waals surface area contributed by atoms with Crippen LogP contribution in [0.1, 0.15) is 31.8 Å². The second-order valence-electron chi connectivity index (χ2n) is 5.34. The van der Waals surface area contributed by atoms with Crippen molar-refractivity contribution in [2.45, 2.75) is 45.4 Å². The maximum Gasteiger partial charge on any atom is 0.118 e. The molecular formula is C14H24N2O2. The number of hydrogen-bond acceptors (Lipinski definition) is 4. The van der Waals surface area contributed by atoms with Crippen LogP contribution in [0.5, 0.6) is 0 Å². The van der Waals surface area contributed by atoms with Gasteiger partial charge in [-0.1, -0.05) is 13.8 Å². The van der Waals surface area contributed by atoms with E-state index in [0.717, 1.165) is 44.2 Å². The van der Waals surface area contributed by atoms with Crippen molar-refractivity contribution in [3.8, 4) is 0 Å². The zero-order valence-electron chi connectivity index (χ0n) is 11.6. The Kier molecular flexibility index (Phi) is 4.80. The summed E-state index contributed by atoms with van der Waals surface area (Å²) in [6.45, 7) is 7.66. The third kappa shape index (κ3) is 3.83. The molecule has 1 aromatic heterocycles. The van der Waals surface area contributed by atoms with Crippen molar-refractivity contribution in [2.75, 3.05) is 20.3 Å². The fraction of sp³-hybridized carbons (Fsp3) is 0.714. The summed E-state index contributed by atoms with van der Waals surface area (Å²) >= 11 is 0. The number of nitrogens with one attached hydrogen (secondary N) is 1. The molecule has 18 heavy (non-hydrogen) atoms. The van der Waals surface area contributed by atoms with Crippen LogP contribution in [0.3, 0.4) is 0 Å². The van der Waals surface area contributed by atoms with E-state index in [1.807, 2.05) is 0 Å². The van der Waals surface area contributed by atoms with Crippen molar-refractivity contribution >= 4 is 0 Å². The van der Waals surface area contributed by atoms with Crippen molar-refractivity contribution in [2.24, 2.45) is 0 Å². The summed E-state index contributed by atoms with van der Waals surface area (Å²) in [5, 5.41) is 3.36. The molecule has 1 atom stereocenters. The van der Waals surface area contributed by atoms with Crippen LogP contribution in [-0.2, 0) is 17.8 Å². The van der Waals surface area contributed by atoms with Crippen molar-refractivity contribution in [1.29, 1.82) is 0 Å². The minimum Gasteiger partial charge on any atom is -0.463 e. The molecule has 0 saturated carbocycles. The molecule has 2 rings (SSSR count). The maximum atomic E-state index is 5.82. The Bertz CT molecular complexity index is 356. The van der Waals surface area contributed by atoms with Crippen LogP contribution in [0.2, 0.25) is 0 Å². The molecule has 2 heterocycles. The normalized spacial score (nSPS) is 20.2. The lowest BCUT2D eigenvalue weighted by molar-refractivity contribution is 0.151. The molecule has 4 heteroatoms. The number of nitrogens with zero attached hydrogens (tertiary/aromatic N) is 1. The Hall–Kier alpha value is -0.840. The number of furan rings is 1. The van der Waals surface area contributed by atoms with Crippen LogP contribution in [0.4, 0.5) is 0 Å². The van der Waals surface area contributed by atoms with E-state index in [0.29, 0.717) is 12.1 Å². The molecule has 0 bridgehead atoms. The molecule has 0 radical (unpaired) electrons. The molecule has 1 aliphatic heterocycles. The van der Waals surface area contributed by atoms with E-state index in [-0.39, 0.29) is 0 Å². The molecule has 1 fully saturated rings. The van der Waals surface area contributed by atoms with Crippen molar-refractivity contribution in [3.63, 3.8) is 0 Å². The SMILES string of the molecule is CC(C)NCc1ccc(CN(C)C2CCOC2)o1. The van der Waals surface area contributed by atoms with Crippen LogP contribution in [0, 0.1) is 0 Å². The topological polar surface area (TPSA) is 37.6 Å². The fourth-order valence-electron chi connectivity index (χ4n) is 2.15. The first kappa shape index (κ1) is 13.6. The van der Waals surface area contributed by atoms with E-state index in [4.69, 9.17) is 9.15 Å². The Morgan fingerprint density at radius 2 is 2.17 bits per heavy atom. The highest BCUT2D eigenvalue weighted by atomic mass is 16.5. The zero-order chi connectivity index (χ0) is 13.0. The fourth-order valence-corrected chi connectivity index (χ4v) is 2.15. The van der Waals surface area contributed by atoms with Crippen LogP contribution >= 0.6 is 0 Å². The van der Waals surface area contributed by atoms with Gasteiger partial charge in [-0.2, -0.15) is 0 Å². The molecule has 0 spiro atoms. The molecule has 102 valence electrons. The molecule has 1 aromatic rings. The van der Waals surface area contributed by atoms with Gasteiger partial charge in [-0.3, -0.25) is 4.90 Å². The summed E-state index contributed by atoms with van der Waals surface area (Å²) in [5.74, 6) is 2.04. The van der Waals surface area contributed by atoms with Crippen LogP contribution in [-0.4, -0.2) is 37.2 Å². The number of ether oxygens (including phenoxy) is 1. The quantitative estimate of drug-likeness (QED) is 0.840. The highest BCUT2D eigenvalue weighted by Gasteiger charge is 2.20. The van der Waals surface area contributed by atoms with Crippen molar-refractivity contribution in [3.05, 3.63) is 23.7 Å². The zero-order valence-corrected chi connectivity index (χ0v) is 11.6. The maximum absolute atomic E-state index is 5.82.